The molecule has 0 atom stereocenters. The van der Waals surface area contributed by atoms with Crippen LogP contribution in [0, 0.1) is 0 Å². The van der Waals surface area contributed by atoms with E-state index in [1.807, 2.05) is 0 Å². The van der Waals surface area contributed by atoms with Crippen molar-refractivity contribution in [3.63, 3.8) is 0 Å². The molecule has 0 aromatic heterocycles. The van der Waals surface area contributed by atoms with Gasteiger partial charge < -0.3 is 10.2 Å². The summed E-state index contributed by atoms with van der Waals surface area (Å²) in [6, 6.07) is 0. The van der Waals surface area contributed by atoms with Crippen LogP contribution in [-0.2, 0) is 27.0 Å². The molecule has 0 unspecified atom stereocenters. The summed E-state index contributed by atoms with van der Waals surface area (Å²) >= 11 is 0. The molecular weight excluding hydrogens is 152 g/mol. The molecule has 0 amide bonds. The minimum atomic E-state index is -1.31. The van der Waals surface area contributed by atoms with Crippen molar-refractivity contribution in [1.82, 2.24) is 0 Å². The summed E-state index contributed by atoms with van der Waals surface area (Å²) in [6.07, 6.45) is -0.806. The molecule has 0 aliphatic heterocycles. The average molecular weight is 156 g/mol. The topological polar surface area (TPSA) is 74.6 Å². The van der Waals surface area contributed by atoms with Crippen LogP contribution in [0.3, 0.4) is 0 Å². The third-order valence-electron chi connectivity index (χ3n) is 0.302. The Morgan fingerprint density at radius 1 is 1.12 bits per heavy atom. The third-order valence-corrected chi connectivity index (χ3v) is 0.302. The molecule has 8 heavy (non-hydrogen) atoms. The van der Waals surface area contributed by atoms with Crippen LogP contribution in [0.25, 0.3) is 0 Å². The fourth-order valence-electron chi connectivity index (χ4n) is 0.129. The summed E-state index contributed by atoms with van der Waals surface area (Å²) in [5.74, 6) is -2.62. The fourth-order valence-corrected chi connectivity index (χ4v) is 0.129. The van der Waals surface area contributed by atoms with Crippen LogP contribution in [0.4, 0.5) is 0 Å². The van der Waals surface area contributed by atoms with Gasteiger partial charge in [-0.1, -0.05) is 0 Å². The molecule has 0 saturated heterocycles. The second kappa shape index (κ2) is 4.63. The number of rotatable bonds is 2. The van der Waals surface area contributed by atoms with E-state index in [0.717, 1.165) is 0 Å². The second-order valence-electron chi connectivity index (χ2n) is 0.964. The van der Waals surface area contributed by atoms with Gasteiger partial charge in [0.15, 0.2) is 0 Å². The summed E-state index contributed by atoms with van der Waals surface area (Å²) in [5, 5.41) is 15.4. The molecule has 0 radical (unpaired) electrons. The van der Waals surface area contributed by atoms with E-state index in [-0.39, 0.29) is 17.4 Å². The van der Waals surface area contributed by atoms with Crippen molar-refractivity contribution in [3.05, 3.63) is 0 Å². The van der Waals surface area contributed by atoms with Crippen molar-refractivity contribution in [2.75, 3.05) is 0 Å². The monoisotopic (exact) mass is 156 g/mol. The number of hydrogen-bond donors (Lipinski definition) is 2. The minimum absolute atomic E-state index is 0. The van der Waals surface area contributed by atoms with Gasteiger partial charge in [-0.05, 0) is 0 Å². The van der Waals surface area contributed by atoms with Crippen LogP contribution >= 0.6 is 0 Å². The van der Waals surface area contributed by atoms with Gasteiger partial charge in [-0.2, -0.15) is 0 Å². The molecule has 0 rings (SSSR count). The third kappa shape index (κ3) is 9.08. The summed E-state index contributed by atoms with van der Waals surface area (Å²) in [7, 11) is 0. The van der Waals surface area contributed by atoms with Crippen LogP contribution in [0.2, 0.25) is 0 Å². The maximum Gasteiger partial charge on any atom is 0.314 e. The van der Waals surface area contributed by atoms with Crippen LogP contribution in [0.5, 0.6) is 0 Å². The quantitative estimate of drug-likeness (QED) is 0.530. The first-order valence-corrected chi connectivity index (χ1v) is 1.56. The average Bonchev–Trinajstić information content (AvgIpc) is 1.27. The van der Waals surface area contributed by atoms with Crippen LogP contribution in [0.15, 0.2) is 0 Å². The second-order valence-corrected chi connectivity index (χ2v) is 0.964. The summed E-state index contributed by atoms with van der Waals surface area (Å²) in [4.78, 5) is 18.9. The Balaban J connectivity index is 0. The van der Waals surface area contributed by atoms with Crippen molar-refractivity contribution in [1.29, 1.82) is 0 Å². The van der Waals surface area contributed by atoms with E-state index < -0.39 is 18.4 Å². The fraction of sp³-hybridized carbons (Fsp3) is 0.333. The minimum Gasteiger partial charge on any atom is -0.481 e. The van der Waals surface area contributed by atoms with E-state index in [1.165, 1.54) is 0 Å². The molecule has 0 saturated carbocycles. The summed E-state index contributed by atoms with van der Waals surface area (Å²) in [5.41, 5.74) is 0. The Hall–Kier alpha value is -0.528. The van der Waals surface area contributed by atoms with Crippen molar-refractivity contribution in [2.45, 2.75) is 6.42 Å². The normalized spacial score (nSPS) is 7.00. The predicted molar refractivity (Wildman–Crippen MR) is 19.9 cm³/mol. The van der Waals surface area contributed by atoms with Crippen molar-refractivity contribution >= 4 is 11.9 Å². The van der Waals surface area contributed by atoms with E-state index in [4.69, 9.17) is 10.2 Å². The SMILES string of the molecule is O=C(O)CC(=O)O.[Cr]. The Bertz CT molecular complexity index is 87.5. The smallest absolute Gasteiger partial charge is 0.314 e. The summed E-state index contributed by atoms with van der Waals surface area (Å²) < 4.78 is 0. The van der Waals surface area contributed by atoms with Gasteiger partial charge in [0.2, 0.25) is 0 Å². The molecule has 4 nitrogen and oxygen atoms in total. The van der Waals surface area contributed by atoms with Crippen LogP contribution in [0.1, 0.15) is 6.42 Å². The molecule has 0 aromatic rings. The Labute approximate surface area is 56.3 Å². The first kappa shape index (κ1) is 10.5. The number of carboxylic acid groups (broad SMARTS) is 2. The van der Waals surface area contributed by atoms with E-state index >= 15 is 0 Å². The van der Waals surface area contributed by atoms with Crippen molar-refractivity contribution < 1.29 is 37.2 Å². The van der Waals surface area contributed by atoms with Crippen molar-refractivity contribution in [3.8, 4) is 0 Å². The molecule has 0 aromatic carbocycles. The maximum atomic E-state index is 9.43. The van der Waals surface area contributed by atoms with E-state index in [0.29, 0.717) is 0 Å². The first-order valence-electron chi connectivity index (χ1n) is 1.56. The van der Waals surface area contributed by atoms with E-state index in [9.17, 15) is 9.59 Å². The molecule has 0 fully saturated rings. The van der Waals surface area contributed by atoms with Gasteiger partial charge in [0.25, 0.3) is 0 Å². The molecular formula is C3H4CrO4. The van der Waals surface area contributed by atoms with Crippen LogP contribution in [-0.4, -0.2) is 22.2 Å². The zero-order valence-electron chi connectivity index (χ0n) is 3.83. The molecule has 0 bridgehead atoms. The van der Waals surface area contributed by atoms with Crippen molar-refractivity contribution in [2.24, 2.45) is 0 Å². The molecule has 46 valence electrons. The largest absolute Gasteiger partial charge is 0.481 e. The number of aliphatic carboxylic acids is 2. The van der Waals surface area contributed by atoms with Gasteiger partial charge >= 0.3 is 11.9 Å². The van der Waals surface area contributed by atoms with Gasteiger partial charge in [-0.3, -0.25) is 9.59 Å². The zero-order valence-corrected chi connectivity index (χ0v) is 5.10. The van der Waals surface area contributed by atoms with Crippen LogP contribution < -0.4 is 0 Å². The maximum absolute atomic E-state index is 9.43. The molecule has 0 heterocycles. The zero-order chi connectivity index (χ0) is 5.86. The standard InChI is InChI=1S/C3H4O4.Cr/c4-2(5)1-3(6)7;/h1H2,(H,4,5)(H,6,7);. The first-order chi connectivity index (χ1) is 3.13. The van der Waals surface area contributed by atoms with Gasteiger partial charge in [0.05, 0.1) is 0 Å². The predicted octanol–water partition coefficient (Wildman–Crippen LogP) is -0.457. The molecule has 0 aliphatic carbocycles. The molecule has 2 N–H and O–H groups in total. The van der Waals surface area contributed by atoms with Gasteiger partial charge in [0.1, 0.15) is 6.42 Å². The Morgan fingerprint density at radius 2 is 1.38 bits per heavy atom. The number of carboxylic acids is 2. The molecule has 0 spiro atoms. The van der Waals surface area contributed by atoms with Gasteiger partial charge in [-0.15, -0.1) is 0 Å². The number of carbonyl (C=O) groups is 2. The van der Waals surface area contributed by atoms with E-state index in [2.05, 4.69) is 0 Å². The molecule has 0 aliphatic rings. The van der Waals surface area contributed by atoms with E-state index in [1.54, 1.807) is 0 Å². The molecule has 5 heteroatoms. The number of hydrogen-bond acceptors (Lipinski definition) is 2. The van der Waals surface area contributed by atoms with Gasteiger partial charge in [0, 0.05) is 17.4 Å². The Morgan fingerprint density at radius 3 is 1.38 bits per heavy atom. The van der Waals surface area contributed by atoms with Gasteiger partial charge in [-0.25, -0.2) is 0 Å². The Kier molecular flexibility index (Phi) is 6.05. The summed E-state index contributed by atoms with van der Waals surface area (Å²) in [6.45, 7) is 0.